The van der Waals surface area contributed by atoms with E-state index in [4.69, 9.17) is 5.21 Å². The third-order valence-corrected chi connectivity index (χ3v) is 2.31. The fourth-order valence-corrected chi connectivity index (χ4v) is 1.44. The first-order chi connectivity index (χ1) is 8.38. The number of oxime groups is 1. The topological polar surface area (TPSA) is 57.5 Å². The zero-order valence-electron chi connectivity index (χ0n) is 9.24. The van der Waals surface area contributed by atoms with Gasteiger partial charge in [0.25, 0.3) is 0 Å². The van der Waals surface area contributed by atoms with E-state index < -0.39 is 0 Å². The van der Waals surface area contributed by atoms with Crippen molar-refractivity contribution in [3.05, 3.63) is 59.8 Å². The maximum absolute atomic E-state index is 8.37. The first-order valence-corrected chi connectivity index (χ1v) is 5.30. The van der Waals surface area contributed by atoms with E-state index in [0.29, 0.717) is 0 Å². The van der Waals surface area contributed by atoms with E-state index in [0.717, 1.165) is 17.9 Å². The van der Waals surface area contributed by atoms with Crippen LogP contribution in [0.3, 0.4) is 0 Å². The van der Waals surface area contributed by atoms with E-state index in [1.165, 1.54) is 11.8 Å². The molecule has 4 nitrogen and oxygen atoms in total. The van der Waals surface area contributed by atoms with Crippen LogP contribution >= 0.6 is 0 Å². The van der Waals surface area contributed by atoms with Crippen molar-refractivity contribution < 1.29 is 5.21 Å². The molecular weight excluding hydrogens is 214 g/mol. The highest BCUT2D eigenvalue weighted by Gasteiger charge is 1.95. The van der Waals surface area contributed by atoms with Gasteiger partial charge in [0, 0.05) is 18.3 Å². The Morgan fingerprint density at radius 3 is 2.65 bits per heavy atom. The number of hydrogen-bond acceptors (Lipinski definition) is 4. The molecule has 0 saturated heterocycles. The van der Waals surface area contributed by atoms with Gasteiger partial charge in [-0.2, -0.15) is 0 Å². The number of pyridine rings is 1. The van der Waals surface area contributed by atoms with Gasteiger partial charge in [-0.25, -0.2) is 4.98 Å². The Kier molecular flexibility index (Phi) is 3.70. The Morgan fingerprint density at radius 1 is 1.18 bits per heavy atom. The van der Waals surface area contributed by atoms with Crippen molar-refractivity contribution in [1.82, 2.24) is 4.98 Å². The molecule has 0 fully saturated rings. The molecule has 0 radical (unpaired) electrons. The van der Waals surface area contributed by atoms with Gasteiger partial charge in [-0.1, -0.05) is 35.5 Å². The quantitative estimate of drug-likeness (QED) is 0.479. The van der Waals surface area contributed by atoms with Crippen LogP contribution in [0, 0.1) is 0 Å². The predicted octanol–water partition coefficient (Wildman–Crippen LogP) is 2.50. The highest BCUT2D eigenvalue weighted by molar-refractivity contribution is 5.78. The molecule has 1 aromatic carbocycles. The third-order valence-electron chi connectivity index (χ3n) is 2.31. The van der Waals surface area contributed by atoms with Crippen LogP contribution in [-0.2, 0) is 6.54 Å². The zero-order chi connectivity index (χ0) is 11.9. The van der Waals surface area contributed by atoms with Crippen molar-refractivity contribution in [3.63, 3.8) is 0 Å². The zero-order valence-corrected chi connectivity index (χ0v) is 9.24. The molecule has 0 bridgehead atoms. The minimum atomic E-state index is 0.737. The molecule has 0 unspecified atom stereocenters. The van der Waals surface area contributed by atoms with Gasteiger partial charge in [0.05, 0.1) is 6.21 Å². The Hall–Kier alpha value is -2.36. The molecule has 1 heterocycles. The SMILES string of the molecule is O/N=C/c1ccc(NCc2ccccc2)nc1. The van der Waals surface area contributed by atoms with Gasteiger partial charge in [0.15, 0.2) is 0 Å². The van der Waals surface area contributed by atoms with Gasteiger partial charge in [-0.05, 0) is 17.7 Å². The molecule has 86 valence electrons. The maximum Gasteiger partial charge on any atom is 0.126 e. The smallest absolute Gasteiger partial charge is 0.126 e. The normalized spacial score (nSPS) is 10.6. The molecule has 2 N–H and O–H groups in total. The molecule has 2 rings (SSSR count). The van der Waals surface area contributed by atoms with Gasteiger partial charge in [0.1, 0.15) is 5.82 Å². The predicted molar refractivity (Wildman–Crippen MR) is 67.4 cm³/mol. The molecule has 0 atom stereocenters. The third kappa shape index (κ3) is 3.31. The Bertz CT molecular complexity index is 480. The molecular formula is C13H13N3O. The number of nitrogens with zero attached hydrogens (tertiary/aromatic N) is 2. The summed E-state index contributed by atoms with van der Waals surface area (Å²) in [5, 5.41) is 14.5. The lowest BCUT2D eigenvalue weighted by Crippen LogP contribution is -2.01. The molecule has 2 aromatic rings. The highest BCUT2D eigenvalue weighted by Crippen LogP contribution is 2.06. The van der Waals surface area contributed by atoms with Gasteiger partial charge in [0.2, 0.25) is 0 Å². The molecule has 0 aliphatic rings. The van der Waals surface area contributed by atoms with Gasteiger partial charge in [-0.15, -0.1) is 0 Å². The van der Waals surface area contributed by atoms with Crippen LogP contribution in [0.15, 0.2) is 53.8 Å². The highest BCUT2D eigenvalue weighted by atomic mass is 16.4. The number of anilines is 1. The number of hydrogen-bond donors (Lipinski definition) is 2. The van der Waals surface area contributed by atoms with Crippen LogP contribution in [-0.4, -0.2) is 16.4 Å². The molecule has 17 heavy (non-hydrogen) atoms. The lowest BCUT2D eigenvalue weighted by Gasteiger charge is -2.05. The van der Waals surface area contributed by atoms with E-state index in [1.54, 1.807) is 6.20 Å². The summed E-state index contributed by atoms with van der Waals surface area (Å²) in [6, 6.07) is 13.8. The van der Waals surface area contributed by atoms with Gasteiger partial charge < -0.3 is 10.5 Å². The van der Waals surface area contributed by atoms with E-state index in [-0.39, 0.29) is 0 Å². The summed E-state index contributed by atoms with van der Waals surface area (Å²) in [4.78, 5) is 4.20. The van der Waals surface area contributed by atoms with Crippen LogP contribution in [0.2, 0.25) is 0 Å². The number of aromatic nitrogens is 1. The van der Waals surface area contributed by atoms with Crippen LogP contribution in [0.1, 0.15) is 11.1 Å². The van der Waals surface area contributed by atoms with E-state index in [9.17, 15) is 0 Å². The second-order valence-electron chi connectivity index (χ2n) is 3.56. The van der Waals surface area contributed by atoms with Crippen molar-refractivity contribution in [2.45, 2.75) is 6.54 Å². The van der Waals surface area contributed by atoms with Gasteiger partial charge in [-0.3, -0.25) is 0 Å². The summed E-state index contributed by atoms with van der Waals surface area (Å²) >= 11 is 0. The first kappa shape index (κ1) is 11.1. The first-order valence-electron chi connectivity index (χ1n) is 5.30. The lowest BCUT2D eigenvalue weighted by molar-refractivity contribution is 0.322. The second kappa shape index (κ2) is 5.65. The molecule has 0 spiro atoms. The minimum absolute atomic E-state index is 0.737. The van der Waals surface area contributed by atoms with Crippen LogP contribution in [0.25, 0.3) is 0 Å². The summed E-state index contributed by atoms with van der Waals surface area (Å²) in [6.45, 7) is 0.737. The number of nitrogens with one attached hydrogen (secondary N) is 1. The summed E-state index contributed by atoms with van der Waals surface area (Å²) in [6.07, 6.45) is 2.99. The van der Waals surface area contributed by atoms with Crippen molar-refractivity contribution in [2.24, 2.45) is 5.16 Å². The van der Waals surface area contributed by atoms with E-state index in [2.05, 4.69) is 27.6 Å². The molecule has 0 saturated carbocycles. The van der Waals surface area contributed by atoms with Crippen molar-refractivity contribution in [3.8, 4) is 0 Å². The molecule has 0 aliphatic carbocycles. The van der Waals surface area contributed by atoms with Crippen molar-refractivity contribution in [1.29, 1.82) is 0 Å². The summed E-state index contributed by atoms with van der Waals surface area (Å²) in [5.41, 5.74) is 1.97. The maximum atomic E-state index is 8.37. The summed E-state index contributed by atoms with van der Waals surface area (Å²) < 4.78 is 0. The number of rotatable bonds is 4. The molecule has 0 aliphatic heterocycles. The van der Waals surface area contributed by atoms with Crippen molar-refractivity contribution in [2.75, 3.05) is 5.32 Å². The molecule has 0 amide bonds. The summed E-state index contributed by atoms with van der Waals surface area (Å²) in [7, 11) is 0. The van der Waals surface area contributed by atoms with Crippen LogP contribution < -0.4 is 5.32 Å². The average molecular weight is 227 g/mol. The minimum Gasteiger partial charge on any atom is -0.411 e. The largest absolute Gasteiger partial charge is 0.411 e. The Morgan fingerprint density at radius 2 is 2.00 bits per heavy atom. The lowest BCUT2D eigenvalue weighted by atomic mass is 10.2. The van der Waals surface area contributed by atoms with Gasteiger partial charge >= 0.3 is 0 Å². The monoisotopic (exact) mass is 227 g/mol. The standard InChI is InChI=1S/C13H13N3O/c17-16-10-12-6-7-13(15-9-12)14-8-11-4-2-1-3-5-11/h1-7,9-10,17H,8H2,(H,14,15)/b16-10+. The number of benzene rings is 1. The Balaban J connectivity index is 1.95. The van der Waals surface area contributed by atoms with Crippen LogP contribution in [0.4, 0.5) is 5.82 Å². The van der Waals surface area contributed by atoms with E-state index >= 15 is 0 Å². The fourth-order valence-electron chi connectivity index (χ4n) is 1.44. The summed E-state index contributed by atoms with van der Waals surface area (Å²) in [5.74, 6) is 0.795. The molecule has 1 aromatic heterocycles. The average Bonchev–Trinajstić information content (AvgIpc) is 2.40. The molecule has 4 heteroatoms. The van der Waals surface area contributed by atoms with E-state index in [1.807, 2.05) is 30.3 Å². The second-order valence-corrected chi connectivity index (χ2v) is 3.56. The van der Waals surface area contributed by atoms with Crippen LogP contribution in [0.5, 0.6) is 0 Å². The Labute approximate surface area is 99.6 Å². The fraction of sp³-hybridized carbons (Fsp3) is 0.0769. The van der Waals surface area contributed by atoms with Crippen molar-refractivity contribution >= 4 is 12.0 Å².